The van der Waals surface area contributed by atoms with Crippen molar-refractivity contribution in [3.63, 3.8) is 0 Å². The highest BCUT2D eigenvalue weighted by atomic mass is 35.5. The predicted octanol–water partition coefficient (Wildman–Crippen LogP) is 5.12. The number of ketones is 1. The molecule has 3 rings (SSSR count). The standard InChI is InChI=1S/C24H21ClN2O5/c1-3-26-24(29)17-5-6-18(22(12-17)27(30)31)14-32-20-10-7-16(8-11-20)23(28)21-13-19(25)9-4-15(21)2/h4-13H,3,14H2,1-2H3,(H,26,29). The van der Waals surface area contributed by atoms with Gasteiger partial charge in [0.25, 0.3) is 11.6 Å². The third-order valence-corrected chi connectivity index (χ3v) is 5.07. The lowest BCUT2D eigenvalue weighted by Crippen LogP contribution is -2.22. The molecule has 8 heteroatoms. The molecule has 0 fully saturated rings. The molecule has 7 nitrogen and oxygen atoms in total. The molecule has 0 heterocycles. The number of nitrogens with one attached hydrogen (secondary N) is 1. The fourth-order valence-corrected chi connectivity index (χ4v) is 3.29. The van der Waals surface area contributed by atoms with E-state index in [9.17, 15) is 19.7 Å². The van der Waals surface area contributed by atoms with Crippen LogP contribution in [0.2, 0.25) is 5.02 Å². The van der Waals surface area contributed by atoms with Crippen molar-refractivity contribution in [3.8, 4) is 5.75 Å². The number of nitro benzene ring substituents is 1. The van der Waals surface area contributed by atoms with E-state index in [0.29, 0.717) is 34.0 Å². The minimum atomic E-state index is -0.545. The third-order valence-electron chi connectivity index (χ3n) is 4.84. The monoisotopic (exact) mass is 452 g/mol. The van der Waals surface area contributed by atoms with Crippen LogP contribution in [0.25, 0.3) is 0 Å². The lowest BCUT2D eigenvalue weighted by Gasteiger charge is -2.10. The Labute approximate surface area is 190 Å². The lowest BCUT2D eigenvalue weighted by atomic mass is 9.99. The molecule has 1 N–H and O–H groups in total. The van der Waals surface area contributed by atoms with Crippen LogP contribution in [0.1, 0.15) is 44.3 Å². The summed E-state index contributed by atoms with van der Waals surface area (Å²) in [5.74, 6) is -0.0853. The Balaban J connectivity index is 1.74. The topological polar surface area (TPSA) is 98.5 Å². The summed E-state index contributed by atoms with van der Waals surface area (Å²) in [6, 6.07) is 15.9. The van der Waals surface area contributed by atoms with E-state index in [-0.39, 0.29) is 29.5 Å². The molecule has 0 aliphatic rings. The van der Waals surface area contributed by atoms with Crippen LogP contribution in [0.15, 0.2) is 60.7 Å². The van der Waals surface area contributed by atoms with E-state index < -0.39 is 4.92 Å². The maximum absolute atomic E-state index is 12.8. The minimum Gasteiger partial charge on any atom is -0.489 e. The predicted molar refractivity (Wildman–Crippen MR) is 121 cm³/mol. The zero-order valence-corrected chi connectivity index (χ0v) is 18.3. The average Bonchev–Trinajstić information content (AvgIpc) is 2.79. The summed E-state index contributed by atoms with van der Waals surface area (Å²) in [6.45, 7) is 3.97. The van der Waals surface area contributed by atoms with Crippen molar-refractivity contribution in [2.24, 2.45) is 0 Å². The highest BCUT2D eigenvalue weighted by Crippen LogP contribution is 2.24. The molecule has 3 aromatic carbocycles. The van der Waals surface area contributed by atoms with Gasteiger partial charge in [-0.3, -0.25) is 19.7 Å². The second-order valence-electron chi connectivity index (χ2n) is 7.06. The molecule has 0 aromatic heterocycles. The Kier molecular flexibility index (Phi) is 7.22. The highest BCUT2D eigenvalue weighted by Gasteiger charge is 2.18. The summed E-state index contributed by atoms with van der Waals surface area (Å²) in [7, 11) is 0. The van der Waals surface area contributed by atoms with Crippen molar-refractivity contribution >= 4 is 29.0 Å². The number of ether oxygens (including phenoxy) is 1. The number of carbonyl (C=O) groups is 2. The van der Waals surface area contributed by atoms with Crippen LogP contribution in [0.4, 0.5) is 5.69 Å². The van der Waals surface area contributed by atoms with Gasteiger partial charge < -0.3 is 10.1 Å². The van der Waals surface area contributed by atoms with Gasteiger partial charge in [0, 0.05) is 34.3 Å². The number of aryl methyl sites for hydroxylation is 1. The number of nitrogens with zero attached hydrogens (tertiary/aromatic N) is 1. The number of benzene rings is 3. The lowest BCUT2D eigenvalue weighted by molar-refractivity contribution is -0.385. The largest absolute Gasteiger partial charge is 0.489 e. The van der Waals surface area contributed by atoms with Crippen LogP contribution in [-0.4, -0.2) is 23.2 Å². The summed E-state index contributed by atoms with van der Waals surface area (Å²) >= 11 is 6.01. The fraction of sp³-hybridized carbons (Fsp3) is 0.167. The number of amides is 1. The van der Waals surface area contributed by atoms with Gasteiger partial charge in [0.2, 0.25) is 0 Å². The zero-order valence-electron chi connectivity index (χ0n) is 17.6. The van der Waals surface area contributed by atoms with Crippen molar-refractivity contribution in [1.82, 2.24) is 5.32 Å². The zero-order chi connectivity index (χ0) is 23.3. The van der Waals surface area contributed by atoms with E-state index >= 15 is 0 Å². The first-order valence-electron chi connectivity index (χ1n) is 9.89. The van der Waals surface area contributed by atoms with Gasteiger partial charge >= 0.3 is 0 Å². The van der Waals surface area contributed by atoms with Crippen LogP contribution < -0.4 is 10.1 Å². The number of halogens is 1. The van der Waals surface area contributed by atoms with E-state index in [1.165, 1.54) is 18.2 Å². The van der Waals surface area contributed by atoms with Gasteiger partial charge in [-0.15, -0.1) is 0 Å². The van der Waals surface area contributed by atoms with Crippen LogP contribution in [0.3, 0.4) is 0 Å². The Morgan fingerprint density at radius 3 is 2.38 bits per heavy atom. The normalized spacial score (nSPS) is 10.5. The molecule has 0 aliphatic carbocycles. The van der Waals surface area contributed by atoms with Crippen molar-refractivity contribution < 1.29 is 19.2 Å². The molecule has 0 bridgehead atoms. The van der Waals surface area contributed by atoms with E-state index in [0.717, 1.165) is 5.56 Å². The average molecular weight is 453 g/mol. The molecule has 0 aliphatic heterocycles. The molecule has 164 valence electrons. The highest BCUT2D eigenvalue weighted by molar-refractivity contribution is 6.31. The SMILES string of the molecule is CCNC(=O)c1ccc(COc2ccc(C(=O)c3cc(Cl)ccc3C)cc2)c([N+](=O)[O-])c1. The Bertz CT molecular complexity index is 1180. The molecule has 0 atom stereocenters. The first-order valence-corrected chi connectivity index (χ1v) is 10.3. The van der Waals surface area contributed by atoms with Crippen LogP contribution >= 0.6 is 11.6 Å². The first kappa shape index (κ1) is 23.0. The second-order valence-corrected chi connectivity index (χ2v) is 7.50. The van der Waals surface area contributed by atoms with Gasteiger partial charge in [0.15, 0.2) is 5.78 Å². The number of nitro groups is 1. The molecular formula is C24H21ClN2O5. The van der Waals surface area contributed by atoms with Gasteiger partial charge in [0.05, 0.1) is 10.5 Å². The summed E-state index contributed by atoms with van der Waals surface area (Å²) in [6.07, 6.45) is 0. The summed E-state index contributed by atoms with van der Waals surface area (Å²) < 4.78 is 5.68. The summed E-state index contributed by atoms with van der Waals surface area (Å²) in [5, 5.41) is 14.5. The van der Waals surface area contributed by atoms with Crippen LogP contribution in [0, 0.1) is 17.0 Å². The molecular weight excluding hydrogens is 432 g/mol. The molecule has 0 saturated heterocycles. The Morgan fingerprint density at radius 1 is 1.03 bits per heavy atom. The van der Waals surface area contributed by atoms with E-state index in [1.807, 2.05) is 6.92 Å². The van der Waals surface area contributed by atoms with Crippen molar-refractivity contribution in [1.29, 1.82) is 0 Å². The Hall–Kier alpha value is -3.71. The van der Waals surface area contributed by atoms with Crippen LogP contribution in [-0.2, 0) is 6.61 Å². The smallest absolute Gasteiger partial charge is 0.276 e. The number of hydrogen-bond donors (Lipinski definition) is 1. The Morgan fingerprint density at radius 2 is 1.72 bits per heavy atom. The van der Waals surface area contributed by atoms with Crippen molar-refractivity contribution in [3.05, 3.63) is 104 Å². The number of rotatable bonds is 8. The summed E-state index contributed by atoms with van der Waals surface area (Å²) in [4.78, 5) is 35.6. The number of carbonyl (C=O) groups excluding carboxylic acids is 2. The molecule has 0 radical (unpaired) electrons. The van der Waals surface area contributed by atoms with Gasteiger partial charge in [-0.05, 0) is 67.9 Å². The van der Waals surface area contributed by atoms with Crippen LogP contribution in [0.5, 0.6) is 5.75 Å². The molecule has 32 heavy (non-hydrogen) atoms. The molecule has 0 unspecified atom stereocenters. The van der Waals surface area contributed by atoms with Crippen molar-refractivity contribution in [2.45, 2.75) is 20.5 Å². The van der Waals surface area contributed by atoms with Crippen molar-refractivity contribution in [2.75, 3.05) is 6.54 Å². The van der Waals surface area contributed by atoms with Gasteiger partial charge in [-0.2, -0.15) is 0 Å². The molecule has 0 spiro atoms. The van der Waals surface area contributed by atoms with Gasteiger partial charge in [0.1, 0.15) is 12.4 Å². The first-order chi connectivity index (χ1) is 15.3. The quantitative estimate of drug-likeness (QED) is 0.290. The van der Waals surface area contributed by atoms with E-state index in [4.69, 9.17) is 16.3 Å². The molecule has 0 saturated carbocycles. The molecule has 1 amide bonds. The second kappa shape index (κ2) is 10.1. The number of hydrogen-bond acceptors (Lipinski definition) is 5. The third kappa shape index (κ3) is 5.31. The van der Waals surface area contributed by atoms with E-state index in [2.05, 4.69) is 5.32 Å². The minimum absolute atomic E-state index is 0.0628. The molecule has 3 aromatic rings. The maximum atomic E-state index is 12.8. The maximum Gasteiger partial charge on any atom is 0.276 e. The summed E-state index contributed by atoms with van der Waals surface area (Å²) in [5.41, 5.74) is 2.16. The van der Waals surface area contributed by atoms with Gasteiger partial charge in [-0.25, -0.2) is 0 Å². The van der Waals surface area contributed by atoms with E-state index in [1.54, 1.807) is 49.4 Å². The van der Waals surface area contributed by atoms with Gasteiger partial charge in [-0.1, -0.05) is 17.7 Å². The fourth-order valence-electron chi connectivity index (χ4n) is 3.12.